The molecule has 2 rings (SSSR count). The summed E-state index contributed by atoms with van der Waals surface area (Å²) in [6.07, 6.45) is 3.37. The Bertz CT molecular complexity index is 601. The predicted molar refractivity (Wildman–Crippen MR) is 109 cm³/mol. The number of carbonyl (C=O) groups is 2. The van der Waals surface area contributed by atoms with E-state index in [0.29, 0.717) is 13.0 Å². The Hall–Kier alpha value is -1.38. The van der Waals surface area contributed by atoms with E-state index in [9.17, 15) is 9.59 Å². The molecule has 0 radical (unpaired) electrons. The second kappa shape index (κ2) is 11.5. The number of methoxy groups -OCH3 is 1. The standard InChI is InChI=1S/C19H27NO5S2/c1-23-17(21)10-14-8-9-16(25-19(26)27-2)15(14)11-20-18(22)24-12-13-6-4-3-5-7-13/h3-7,14-16,19,26H,8-12H2,1-2H3,(H,20,22)/t14-,15+,16?,19?/m1/s1. The number of amides is 1. The van der Waals surface area contributed by atoms with Crippen molar-refractivity contribution in [2.75, 3.05) is 19.9 Å². The molecule has 1 aromatic rings. The number of thioether (sulfide) groups is 1. The van der Waals surface area contributed by atoms with E-state index in [1.54, 1.807) is 0 Å². The smallest absolute Gasteiger partial charge is 0.407 e. The van der Waals surface area contributed by atoms with Crippen LogP contribution in [0.2, 0.25) is 0 Å². The van der Waals surface area contributed by atoms with E-state index in [1.807, 2.05) is 36.6 Å². The fraction of sp³-hybridized carbons (Fsp3) is 0.579. The number of benzene rings is 1. The summed E-state index contributed by atoms with van der Waals surface area (Å²) in [7, 11) is 1.39. The first-order chi connectivity index (χ1) is 13.0. The number of esters is 1. The molecule has 0 aliphatic heterocycles. The molecule has 0 spiro atoms. The molecule has 1 N–H and O–H groups in total. The van der Waals surface area contributed by atoms with Gasteiger partial charge in [0, 0.05) is 18.9 Å². The summed E-state index contributed by atoms with van der Waals surface area (Å²) >= 11 is 5.89. The Labute approximate surface area is 170 Å². The van der Waals surface area contributed by atoms with Crippen molar-refractivity contribution in [2.24, 2.45) is 11.8 Å². The van der Waals surface area contributed by atoms with Crippen LogP contribution in [0.4, 0.5) is 4.79 Å². The monoisotopic (exact) mass is 413 g/mol. The molecule has 150 valence electrons. The first-order valence-corrected chi connectivity index (χ1v) is 10.7. The van der Waals surface area contributed by atoms with E-state index in [2.05, 4.69) is 17.9 Å². The Morgan fingerprint density at radius 1 is 1.30 bits per heavy atom. The van der Waals surface area contributed by atoms with Gasteiger partial charge in [-0.15, -0.1) is 24.4 Å². The maximum absolute atomic E-state index is 12.1. The summed E-state index contributed by atoms with van der Waals surface area (Å²) in [5, 5.41) is 2.81. The second-order valence-corrected chi connectivity index (χ2v) is 8.16. The van der Waals surface area contributed by atoms with Gasteiger partial charge >= 0.3 is 12.1 Å². The van der Waals surface area contributed by atoms with Crippen LogP contribution < -0.4 is 5.32 Å². The zero-order chi connectivity index (χ0) is 19.6. The van der Waals surface area contributed by atoms with Crippen molar-refractivity contribution in [3.05, 3.63) is 35.9 Å². The summed E-state index contributed by atoms with van der Waals surface area (Å²) in [6, 6.07) is 9.50. The molecule has 27 heavy (non-hydrogen) atoms. The van der Waals surface area contributed by atoms with Crippen LogP contribution in [0.15, 0.2) is 30.3 Å². The van der Waals surface area contributed by atoms with Crippen LogP contribution in [0.3, 0.4) is 0 Å². The van der Waals surface area contributed by atoms with Gasteiger partial charge in [-0.1, -0.05) is 30.3 Å². The van der Waals surface area contributed by atoms with Gasteiger partial charge in [0.2, 0.25) is 0 Å². The van der Waals surface area contributed by atoms with Crippen molar-refractivity contribution in [3.8, 4) is 0 Å². The van der Waals surface area contributed by atoms with Gasteiger partial charge in [0.1, 0.15) is 11.4 Å². The van der Waals surface area contributed by atoms with Crippen molar-refractivity contribution in [1.82, 2.24) is 5.32 Å². The quantitative estimate of drug-likeness (QED) is 0.367. The molecular weight excluding hydrogens is 386 g/mol. The van der Waals surface area contributed by atoms with E-state index in [1.165, 1.54) is 18.9 Å². The second-order valence-electron chi connectivity index (χ2n) is 6.44. The summed E-state index contributed by atoms with van der Waals surface area (Å²) in [5.74, 6) is -0.140. The van der Waals surface area contributed by atoms with Gasteiger partial charge in [-0.2, -0.15) is 0 Å². The topological polar surface area (TPSA) is 73.9 Å². The highest BCUT2D eigenvalue weighted by molar-refractivity contribution is 8.09. The third-order valence-corrected chi connectivity index (χ3v) is 6.02. The van der Waals surface area contributed by atoms with Gasteiger partial charge < -0.3 is 19.5 Å². The van der Waals surface area contributed by atoms with Crippen molar-refractivity contribution in [2.45, 2.75) is 36.7 Å². The lowest BCUT2D eigenvalue weighted by molar-refractivity contribution is -0.142. The lowest BCUT2D eigenvalue weighted by Gasteiger charge is -2.26. The maximum atomic E-state index is 12.1. The molecule has 2 unspecified atom stereocenters. The Balaban J connectivity index is 1.88. The predicted octanol–water partition coefficient (Wildman–Crippen LogP) is 3.46. The number of nitrogens with one attached hydrogen (secondary N) is 1. The van der Waals surface area contributed by atoms with Crippen molar-refractivity contribution < 1.29 is 23.8 Å². The lowest BCUT2D eigenvalue weighted by atomic mass is 9.91. The van der Waals surface area contributed by atoms with Crippen molar-refractivity contribution in [1.29, 1.82) is 0 Å². The molecule has 1 aliphatic rings. The largest absolute Gasteiger partial charge is 0.469 e. The Kier molecular flexibility index (Phi) is 9.30. The van der Waals surface area contributed by atoms with E-state index >= 15 is 0 Å². The van der Waals surface area contributed by atoms with Gasteiger partial charge in [0.25, 0.3) is 0 Å². The van der Waals surface area contributed by atoms with Gasteiger partial charge in [-0.25, -0.2) is 4.79 Å². The summed E-state index contributed by atoms with van der Waals surface area (Å²) < 4.78 is 15.8. The number of carbonyl (C=O) groups excluding carboxylic acids is 2. The first kappa shape index (κ1) is 21.9. The number of hydrogen-bond donors (Lipinski definition) is 2. The van der Waals surface area contributed by atoms with Crippen molar-refractivity contribution in [3.63, 3.8) is 0 Å². The summed E-state index contributed by atoms with van der Waals surface area (Å²) in [6.45, 7) is 0.600. The lowest BCUT2D eigenvalue weighted by Crippen LogP contribution is -2.37. The van der Waals surface area contributed by atoms with Crippen LogP contribution in [0.1, 0.15) is 24.8 Å². The fourth-order valence-electron chi connectivity index (χ4n) is 3.31. The molecule has 1 aromatic carbocycles. The van der Waals surface area contributed by atoms with Gasteiger partial charge in [0.15, 0.2) is 0 Å². The van der Waals surface area contributed by atoms with Crippen LogP contribution in [-0.4, -0.2) is 42.8 Å². The molecule has 8 heteroatoms. The average molecular weight is 414 g/mol. The highest BCUT2D eigenvalue weighted by Gasteiger charge is 2.39. The molecule has 1 amide bonds. The van der Waals surface area contributed by atoms with Crippen LogP contribution in [0.5, 0.6) is 0 Å². The Morgan fingerprint density at radius 2 is 2.04 bits per heavy atom. The molecule has 0 heterocycles. The third kappa shape index (κ3) is 7.27. The molecule has 0 saturated heterocycles. The maximum Gasteiger partial charge on any atom is 0.407 e. The highest BCUT2D eigenvalue weighted by atomic mass is 32.2. The minimum absolute atomic E-state index is 0.00942. The number of alkyl carbamates (subject to hydrolysis) is 1. The van der Waals surface area contributed by atoms with Gasteiger partial charge in [-0.3, -0.25) is 4.79 Å². The van der Waals surface area contributed by atoms with E-state index < -0.39 is 6.09 Å². The molecule has 1 fully saturated rings. The fourth-order valence-corrected chi connectivity index (χ4v) is 3.72. The normalized spacial score (nSPS) is 22.9. The third-order valence-electron chi connectivity index (χ3n) is 4.75. The molecule has 1 saturated carbocycles. The van der Waals surface area contributed by atoms with Crippen LogP contribution in [0.25, 0.3) is 0 Å². The molecule has 4 atom stereocenters. The average Bonchev–Trinajstić information content (AvgIpc) is 3.06. The zero-order valence-corrected chi connectivity index (χ0v) is 17.3. The highest BCUT2D eigenvalue weighted by Crippen LogP contribution is 2.38. The van der Waals surface area contributed by atoms with Crippen LogP contribution in [0, 0.1) is 11.8 Å². The van der Waals surface area contributed by atoms with Gasteiger partial charge in [-0.05, 0) is 30.6 Å². The molecule has 0 bridgehead atoms. The SMILES string of the molecule is COC(=O)C[C@H]1CCC(OC(S)SC)[C@H]1CNC(=O)OCc1ccccc1. The minimum Gasteiger partial charge on any atom is -0.469 e. The number of hydrogen-bond acceptors (Lipinski definition) is 7. The minimum atomic E-state index is -0.478. The summed E-state index contributed by atoms with van der Waals surface area (Å²) in [4.78, 5) is 23.8. The molecule has 6 nitrogen and oxygen atoms in total. The molecule has 0 aromatic heterocycles. The summed E-state index contributed by atoms with van der Waals surface area (Å²) in [5.41, 5.74) is 0.927. The zero-order valence-electron chi connectivity index (χ0n) is 15.6. The van der Waals surface area contributed by atoms with Gasteiger partial charge in [0.05, 0.1) is 13.2 Å². The van der Waals surface area contributed by atoms with Crippen molar-refractivity contribution >= 4 is 36.5 Å². The number of ether oxygens (including phenoxy) is 3. The van der Waals surface area contributed by atoms with Crippen LogP contribution >= 0.6 is 24.4 Å². The van der Waals surface area contributed by atoms with Crippen LogP contribution in [-0.2, 0) is 25.6 Å². The first-order valence-electron chi connectivity index (χ1n) is 8.91. The molecule has 1 aliphatic carbocycles. The number of rotatable bonds is 9. The Morgan fingerprint density at radius 3 is 2.70 bits per heavy atom. The van der Waals surface area contributed by atoms with E-state index in [-0.39, 0.29) is 35.3 Å². The van der Waals surface area contributed by atoms with E-state index in [0.717, 1.165) is 18.4 Å². The molecular formula is C19H27NO5S2. The van der Waals surface area contributed by atoms with E-state index in [4.69, 9.17) is 14.2 Å². The number of thiol groups is 1.